The van der Waals surface area contributed by atoms with Crippen LogP contribution in [0.4, 0.5) is 4.39 Å². The molecule has 4 heteroatoms. The molecule has 2 nitrogen and oxygen atoms in total. The van der Waals surface area contributed by atoms with Gasteiger partial charge >= 0.3 is 0 Å². The highest BCUT2D eigenvalue weighted by Gasteiger charge is 2.09. The Hall–Kier alpha value is -1.55. The van der Waals surface area contributed by atoms with Gasteiger partial charge in [-0.2, -0.15) is 0 Å². The van der Waals surface area contributed by atoms with Gasteiger partial charge in [0.05, 0.1) is 14.2 Å². The van der Waals surface area contributed by atoms with Gasteiger partial charge in [0.25, 0.3) is 0 Å². The predicted octanol–water partition coefficient (Wildman–Crippen LogP) is 4.27. The summed E-state index contributed by atoms with van der Waals surface area (Å²) in [7, 11) is 3.05. The molecule has 0 unspecified atom stereocenters. The summed E-state index contributed by atoms with van der Waals surface area (Å²) in [4.78, 5) is 0. The number of hydrogen-bond acceptors (Lipinski definition) is 2. The third kappa shape index (κ3) is 2.48. The normalized spacial score (nSPS) is 10.2. The minimum atomic E-state index is -0.377. The third-order valence-corrected chi connectivity index (χ3v) is 3.12. The average molecular weight is 311 g/mol. The Morgan fingerprint density at radius 2 is 1.67 bits per heavy atom. The zero-order chi connectivity index (χ0) is 13.1. The van der Waals surface area contributed by atoms with Gasteiger partial charge in [0.15, 0.2) is 11.6 Å². The molecule has 0 amide bonds. The van der Waals surface area contributed by atoms with Crippen LogP contribution in [0.1, 0.15) is 0 Å². The monoisotopic (exact) mass is 310 g/mol. The Labute approximate surface area is 113 Å². The Morgan fingerprint density at radius 3 is 2.33 bits per heavy atom. The van der Waals surface area contributed by atoms with Crippen molar-refractivity contribution >= 4 is 15.9 Å². The molecule has 0 fully saturated rings. The first-order chi connectivity index (χ1) is 8.65. The summed E-state index contributed by atoms with van der Waals surface area (Å²) in [5.74, 6) is 0.563. The van der Waals surface area contributed by atoms with Gasteiger partial charge in [0.2, 0.25) is 0 Å². The summed E-state index contributed by atoms with van der Waals surface area (Å²) in [5.41, 5.74) is 1.73. The van der Waals surface area contributed by atoms with Crippen molar-refractivity contribution in [1.29, 1.82) is 0 Å². The number of benzene rings is 2. The van der Waals surface area contributed by atoms with Crippen molar-refractivity contribution in [3.8, 4) is 22.6 Å². The van der Waals surface area contributed by atoms with Gasteiger partial charge in [-0.15, -0.1) is 0 Å². The maximum Gasteiger partial charge on any atom is 0.165 e. The molecule has 0 atom stereocenters. The lowest BCUT2D eigenvalue weighted by Gasteiger charge is -2.10. The van der Waals surface area contributed by atoms with Gasteiger partial charge < -0.3 is 9.47 Å². The van der Waals surface area contributed by atoms with Crippen molar-refractivity contribution in [3.63, 3.8) is 0 Å². The molecule has 2 aromatic rings. The molecular formula is C14H12BrFO2. The van der Waals surface area contributed by atoms with E-state index >= 15 is 0 Å². The quantitative estimate of drug-likeness (QED) is 0.842. The van der Waals surface area contributed by atoms with Gasteiger partial charge in [-0.05, 0) is 35.9 Å². The second kappa shape index (κ2) is 5.40. The van der Waals surface area contributed by atoms with Gasteiger partial charge in [-0.1, -0.05) is 22.0 Å². The zero-order valence-corrected chi connectivity index (χ0v) is 11.6. The molecule has 18 heavy (non-hydrogen) atoms. The van der Waals surface area contributed by atoms with Crippen LogP contribution in [0.3, 0.4) is 0 Å². The van der Waals surface area contributed by atoms with Crippen molar-refractivity contribution in [2.24, 2.45) is 0 Å². The summed E-state index contributed by atoms with van der Waals surface area (Å²) >= 11 is 3.38. The van der Waals surface area contributed by atoms with E-state index in [1.807, 2.05) is 18.2 Å². The number of ether oxygens (including phenoxy) is 2. The molecule has 0 aliphatic rings. The minimum Gasteiger partial charge on any atom is -0.496 e. The topological polar surface area (TPSA) is 18.5 Å². The molecule has 0 aliphatic carbocycles. The van der Waals surface area contributed by atoms with Crippen molar-refractivity contribution in [2.45, 2.75) is 0 Å². The molecular weight excluding hydrogens is 299 g/mol. The average Bonchev–Trinajstić information content (AvgIpc) is 2.39. The van der Waals surface area contributed by atoms with Crippen molar-refractivity contribution in [1.82, 2.24) is 0 Å². The summed E-state index contributed by atoms with van der Waals surface area (Å²) in [6.45, 7) is 0. The van der Waals surface area contributed by atoms with E-state index in [2.05, 4.69) is 15.9 Å². The molecule has 0 N–H and O–H groups in total. The molecule has 0 saturated heterocycles. The third-order valence-electron chi connectivity index (χ3n) is 2.63. The molecule has 0 saturated carbocycles. The first-order valence-corrected chi connectivity index (χ1v) is 6.12. The van der Waals surface area contributed by atoms with Crippen LogP contribution in [0.15, 0.2) is 40.9 Å². The summed E-state index contributed by atoms with van der Waals surface area (Å²) < 4.78 is 24.6. The van der Waals surface area contributed by atoms with Crippen LogP contribution in [0, 0.1) is 5.82 Å². The zero-order valence-electron chi connectivity index (χ0n) is 10.0. The lowest BCUT2D eigenvalue weighted by Crippen LogP contribution is -1.91. The van der Waals surface area contributed by atoms with Crippen molar-refractivity contribution in [3.05, 3.63) is 46.7 Å². The summed E-state index contributed by atoms with van der Waals surface area (Å²) in [6, 6.07) is 10.4. The van der Waals surface area contributed by atoms with Crippen LogP contribution < -0.4 is 9.47 Å². The lowest BCUT2D eigenvalue weighted by molar-refractivity contribution is 0.386. The largest absolute Gasteiger partial charge is 0.496 e. The van der Waals surface area contributed by atoms with E-state index < -0.39 is 0 Å². The Balaban J connectivity index is 2.54. The molecule has 0 aliphatic heterocycles. The molecule has 0 heterocycles. The number of halogens is 2. The highest BCUT2D eigenvalue weighted by Crippen LogP contribution is 2.34. The fourth-order valence-corrected chi connectivity index (χ4v) is 2.07. The standard InChI is InChI=1S/C14H12BrFO2/c1-17-13-8-10(15)4-5-11(13)9-3-6-12(16)14(7-9)18-2/h3-8H,1-2H3. The molecule has 0 aromatic heterocycles. The molecule has 94 valence electrons. The second-order valence-corrected chi connectivity index (χ2v) is 4.61. The maximum atomic E-state index is 13.4. The summed E-state index contributed by atoms with van der Waals surface area (Å²) in [6.07, 6.45) is 0. The highest BCUT2D eigenvalue weighted by atomic mass is 79.9. The number of rotatable bonds is 3. The van der Waals surface area contributed by atoms with E-state index in [1.165, 1.54) is 13.2 Å². The van der Waals surface area contributed by atoms with Crippen molar-refractivity contribution < 1.29 is 13.9 Å². The minimum absolute atomic E-state index is 0.220. The molecule has 0 spiro atoms. The fourth-order valence-electron chi connectivity index (χ4n) is 1.73. The Kier molecular flexibility index (Phi) is 3.87. The van der Waals surface area contributed by atoms with Crippen molar-refractivity contribution in [2.75, 3.05) is 14.2 Å². The molecule has 2 rings (SSSR count). The number of hydrogen-bond donors (Lipinski definition) is 0. The predicted molar refractivity (Wildman–Crippen MR) is 72.6 cm³/mol. The SMILES string of the molecule is COc1cc(-c2ccc(Br)cc2OC)ccc1F. The van der Waals surface area contributed by atoms with Gasteiger partial charge in [0, 0.05) is 10.0 Å². The van der Waals surface area contributed by atoms with Gasteiger partial charge in [-0.25, -0.2) is 4.39 Å². The van der Waals surface area contributed by atoms with E-state index in [4.69, 9.17) is 9.47 Å². The van der Waals surface area contributed by atoms with Crippen LogP contribution in [-0.2, 0) is 0 Å². The lowest BCUT2D eigenvalue weighted by atomic mass is 10.0. The van der Waals surface area contributed by atoms with Gasteiger partial charge in [0.1, 0.15) is 5.75 Å². The summed E-state index contributed by atoms with van der Waals surface area (Å²) in [5, 5.41) is 0. The van der Waals surface area contributed by atoms with E-state index in [9.17, 15) is 4.39 Å². The van der Waals surface area contributed by atoms with E-state index in [0.717, 1.165) is 21.3 Å². The fraction of sp³-hybridized carbons (Fsp3) is 0.143. The Morgan fingerprint density at radius 1 is 0.944 bits per heavy atom. The van der Waals surface area contributed by atoms with Gasteiger partial charge in [-0.3, -0.25) is 0 Å². The van der Waals surface area contributed by atoms with Crippen LogP contribution in [0.25, 0.3) is 11.1 Å². The smallest absolute Gasteiger partial charge is 0.165 e. The van der Waals surface area contributed by atoms with E-state index in [-0.39, 0.29) is 11.6 Å². The van der Waals surface area contributed by atoms with Crippen LogP contribution >= 0.6 is 15.9 Å². The molecule has 0 bridgehead atoms. The van der Waals surface area contributed by atoms with Crippen LogP contribution in [0.2, 0.25) is 0 Å². The van der Waals surface area contributed by atoms with Crippen LogP contribution in [-0.4, -0.2) is 14.2 Å². The number of methoxy groups -OCH3 is 2. The maximum absolute atomic E-state index is 13.4. The molecule has 2 aromatic carbocycles. The highest BCUT2D eigenvalue weighted by molar-refractivity contribution is 9.10. The first kappa shape index (κ1) is 12.9. The Bertz CT molecular complexity index is 570. The van der Waals surface area contributed by atoms with E-state index in [1.54, 1.807) is 19.2 Å². The second-order valence-electron chi connectivity index (χ2n) is 3.69. The first-order valence-electron chi connectivity index (χ1n) is 5.33. The van der Waals surface area contributed by atoms with Crippen LogP contribution in [0.5, 0.6) is 11.5 Å². The van der Waals surface area contributed by atoms with E-state index in [0.29, 0.717) is 0 Å². The molecule has 0 radical (unpaired) electrons.